The molecule has 10 nitrogen and oxygen atoms in total. The minimum atomic E-state index is -0.831. The van der Waals surface area contributed by atoms with Gasteiger partial charge in [-0.3, -0.25) is 18.9 Å². The molecule has 0 amide bonds. The van der Waals surface area contributed by atoms with E-state index >= 15 is 0 Å². The number of esters is 1. The van der Waals surface area contributed by atoms with Gasteiger partial charge in [0.25, 0.3) is 5.56 Å². The summed E-state index contributed by atoms with van der Waals surface area (Å²) >= 11 is 6.47. The number of hydrogen-bond acceptors (Lipinski definition) is 7. The number of benzene rings is 1. The number of piperazine rings is 1. The summed E-state index contributed by atoms with van der Waals surface area (Å²) in [6, 6.07) is 6.29. The maximum absolute atomic E-state index is 12.9. The molecule has 0 aliphatic carbocycles. The minimum Gasteiger partial charge on any atom is -0.464 e. The van der Waals surface area contributed by atoms with E-state index in [-0.39, 0.29) is 17.8 Å². The molecule has 2 aliphatic heterocycles. The summed E-state index contributed by atoms with van der Waals surface area (Å²) in [5, 5.41) is 3.72. The van der Waals surface area contributed by atoms with Crippen molar-refractivity contribution in [3.8, 4) is 5.69 Å². The summed E-state index contributed by atoms with van der Waals surface area (Å²) in [7, 11) is 0. The molecule has 5 rings (SSSR count). The fourth-order valence-corrected chi connectivity index (χ4v) is 4.25. The lowest BCUT2D eigenvalue weighted by atomic mass is 10.2. The number of ether oxygens (including phenoxy) is 1. The second-order valence-electron chi connectivity index (χ2n) is 7.21. The smallest absolute Gasteiger partial charge is 0.330 e. The van der Waals surface area contributed by atoms with E-state index in [1.165, 1.54) is 4.57 Å². The van der Waals surface area contributed by atoms with E-state index in [1.807, 2.05) is 11.0 Å². The van der Waals surface area contributed by atoms with Crippen LogP contribution in [-0.4, -0.2) is 57.9 Å². The maximum atomic E-state index is 12.9. The lowest BCUT2D eigenvalue weighted by Gasteiger charge is -2.28. The van der Waals surface area contributed by atoms with Gasteiger partial charge in [0.15, 0.2) is 11.2 Å². The Balaban J connectivity index is 1.86. The Hall–Kier alpha value is -3.11. The molecule has 0 bridgehead atoms. The first-order chi connectivity index (χ1) is 14.6. The van der Waals surface area contributed by atoms with Crippen molar-refractivity contribution >= 4 is 34.7 Å². The summed E-state index contributed by atoms with van der Waals surface area (Å²) in [4.78, 5) is 46.9. The highest BCUT2D eigenvalue weighted by molar-refractivity contribution is 6.32. The van der Waals surface area contributed by atoms with Crippen LogP contribution >= 0.6 is 11.6 Å². The van der Waals surface area contributed by atoms with Crippen molar-refractivity contribution in [3.63, 3.8) is 0 Å². The third-order valence-electron chi connectivity index (χ3n) is 5.44. The van der Waals surface area contributed by atoms with Crippen molar-refractivity contribution in [2.45, 2.75) is 12.5 Å². The number of aromatic amines is 1. The van der Waals surface area contributed by atoms with Crippen molar-refractivity contribution < 1.29 is 9.53 Å². The van der Waals surface area contributed by atoms with E-state index in [9.17, 15) is 14.4 Å². The number of halogens is 1. The third-order valence-corrected chi connectivity index (χ3v) is 5.76. The quantitative estimate of drug-likeness (QED) is 0.579. The number of hydrogen-bond donors (Lipinski definition) is 2. The third kappa shape index (κ3) is 2.91. The first-order valence-corrected chi connectivity index (χ1v) is 10.1. The van der Waals surface area contributed by atoms with Crippen LogP contribution in [-0.2, 0) is 9.53 Å². The lowest BCUT2D eigenvalue weighted by Crippen LogP contribution is -2.44. The number of aromatic nitrogens is 4. The zero-order chi connectivity index (χ0) is 20.8. The van der Waals surface area contributed by atoms with Crippen molar-refractivity contribution in [1.82, 2.24) is 24.4 Å². The predicted octanol–water partition coefficient (Wildman–Crippen LogP) is 0.426. The number of nitrogens with one attached hydrogen (secondary N) is 2. The van der Waals surface area contributed by atoms with Crippen molar-refractivity contribution in [1.29, 1.82) is 0 Å². The van der Waals surface area contributed by atoms with Crippen molar-refractivity contribution in [2.75, 3.05) is 37.7 Å². The summed E-state index contributed by atoms with van der Waals surface area (Å²) in [5.41, 5.74) is -0.407. The molecule has 3 aromatic rings. The Morgan fingerprint density at radius 1 is 1.13 bits per heavy atom. The summed E-state index contributed by atoms with van der Waals surface area (Å²) in [6.45, 7) is 3.06. The molecular formula is C19H19ClN6O4. The first kappa shape index (κ1) is 18.9. The Bertz CT molecular complexity index is 1260. The molecule has 2 N–H and O–H groups in total. The average Bonchev–Trinajstić information content (AvgIpc) is 3.34. The molecular weight excluding hydrogens is 412 g/mol. The van der Waals surface area contributed by atoms with Gasteiger partial charge in [-0.15, -0.1) is 0 Å². The van der Waals surface area contributed by atoms with E-state index in [2.05, 4.69) is 10.3 Å². The molecule has 2 aliphatic rings. The zero-order valence-corrected chi connectivity index (χ0v) is 16.7. The fourth-order valence-electron chi connectivity index (χ4n) is 4.03. The molecule has 0 spiro atoms. The number of imidazole rings is 1. The highest BCUT2D eigenvalue weighted by Crippen LogP contribution is 2.31. The minimum absolute atomic E-state index is 0.140. The topological polar surface area (TPSA) is 114 Å². The summed E-state index contributed by atoms with van der Waals surface area (Å²) < 4.78 is 7.94. The predicted molar refractivity (Wildman–Crippen MR) is 111 cm³/mol. The highest BCUT2D eigenvalue weighted by atomic mass is 35.5. The molecule has 2 saturated heterocycles. The number of carbonyl (C=O) groups excluding carboxylic acids is 1. The van der Waals surface area contributed by atoms with Crippen LogP contribution in [0.15, 0.2) is 33.9 Å². The number of anilines is 1. The molecule has 0 saturated carbocycles. The number of para-hydroxylation sites is 1. The molecule has 4 heterocycles. The molecule has 30 heavy (non-hydrogen) atoms. The SMILES string of the molecule is O=C1OCCC1n1c(=O)[nH]c(=O)c2c1nc(N1CCNCC1)n2-c1ccccc1Cl. The van der Waals surface area contributed by atoms with Crippen LogP contribution in [0.3, 0.4) is 0 Å². The number of cyclic esters (lactones) is 1. The second-order valence-corrected chi connectivity index (χ2v) is 7.62. The van der Waals surface area contributed by atoms with Crippen LogP contribution in [0.5, 0.6) is 0 Å². The van der Waals surface area contributed by atoms with E-state index in [0.29, 0.717) is 36.2 Å². The summed E-state index contributed by atoms with van der Waals surface area (Å²) in [6.07, 6.45) is 0.335. The van der Waals surface area contributed by atoms with E-state index < -0.39 is 23.3 Å². The van der Waals surface area contributed by atoms with E-state index in [1.54, 1.807) is 22.8 Å². The number of carbonyl (C=O) groups is 1. The van der Waals surface area contributed by atoms with Crippen LogP contribution in [0, 0.1) is 0 Å². The van der Waals surface area contributed by atoms with E-state index in [4.69, 9.17) is 21.3 Å². The van der Waals surface area contributed by atoms with Gasteiger partial charge in [-0.1, -0.05) is 23.7 Å². The second kappa shape index (κ2) is 7.29. The fraction of sp³-hybridized carbons (Fsp3) is 0.368. The molecule has 1 aromatic carbocycles. The Morgan fingerprint density at radius 3 is 2.60 bits per heavy atom. The number of H-pyrrole nitrogens is 1. The standard InChI is InChI=1S/C19H19ClN6O4/c20-11-3-1-2-4-12(11)25-14-15(22-18(25)24-8-6-21-7-9-24)26(19(29)23-16(14)27)13-5-10-30-17(13)28/h1-4,13,21H,5-10H2,(H,23,27,29). The highest BCUT2D eigenvalue weighted by Gasteiger charge is 2.33. The van der Waals surface area contributed by atoms with Gasteiger partial charge in [0.05, 0.1) is 17.3 Å². The molecule has 1 unspecified atom stereocenters. The number of fused-ring (bicyclic) bond motifs is 1. The average molecular weight is 431 g/mol. The number of rotatable bonds is 3. The normalized spacial score (nSPS) is 19.4. The Labute approximate surface area is 175 Å². The van der Waals surface area contributed by atoms with Gasteiger partial charge in [0, 0.05) is 32.6 Å². The van der Waals surface area contributed by atoms with Crippen LogP contribution < -0.4 is 21.5 Å². The van der Waals surface area contributed by atoms with Gasteiger partial charge in [-0.05, 0) is 12.1 Å². The van der Waals surface area contributed by atoms with Gasteiger partial charge >= 0.3 is 11.7 Å². The van der Waals surface area contributed by atoms with Crippen molar-refractivity contribution in [2.24, 2.45) is 0 Å². The van der Waals surface area contributed by atoms with Gasteiger partial charge in [0.2, 0.25) is 5.95 Å². The molecule has 2 aromatic heterocycles. The maximum Gasteiger partial charge on any atom is 0.330 e. The van der Waals surface area contributed by atoms with Gasteiger partial charge < -0.3 is 15.0 Å². The van der Waals surface area contributed by atoms with E-state index in [0.717, 1.165) is 13.1 Å². The first-order valence-electron chi connectivity index (χ1n) is 9.71. The molecule has 156 valence electrons. The van der Waals surface area contributed by atoms with Crippen LogP contribution in [0.1, 0.15) is 12.5 Å². The monoisotopic (exact) mass is 430 g/mol. The lowest BCUT2D eigenvalue weighted by molar-refractivity contribution is -0.140. The van der Waals surface area contributed by atoms with Crippen LogP contribution in [0.25, 0.3) is 16.9 Å². The van der Waals surface area contributed by atoms with Gasteiger partial charge in [-0.2, -0.15) is 4.98 Å². The molecule has 0 radical (unpaired) electrons. The van der Waals surface area contributed by atoms with Gasteiger partial charge in [0.1, 0.15) is 6.04 Å². The number of nitrogens with zero attached hydrogens (tertiary/aromatic N) is 4. The molecule has 11 heteroatoms. The zero-order valence-electron chi connectivity index (χ0n) is 15.9. The Kier molecular flexibility index (Phi) is 4.59. The molecule has 1 atom stereocenters. The van der Waals surface area contributed by atoms with Gasteiger partial charge in [-0.25, -0.2) is 9.59 Å². The van der Waals surface area contributed by atoms with Crippen LogP contribution in [0.2, 0.25) is 5.02 Å². The summed E-state index contributed by atoms with van der Waals surface area (Å²) in [5.74, 6) is -0.0164. The van der Waals surface area contributed by atoms with Crippen molar-refractivity contribution in [3.05, 3.63) is 50.1 Å². The molecule has 2 fully saturated rings. The largest absolute Gasteiger partial charge is 0.464 e. The Morgan fingerprint density at radius 2 is 1.90 bits per heavy atom. The van der Waals surface area contributed by atoms with Crippen LogP contribution in [0.4, 0.5) is 5.95 Å².